The number of aryl methyl sites for hydroxylation is 1. The van der Waals surface area contributed by atoms with Gasteiger partial charge in [0.25, 0.3) is 0 Å². The number of nitrogens with two attached hydrogens (primary N) is 1. The molecule has 1 saturated heterocycles. The molecule has 2 rings (SSSR count). The first-order chi connectivity index (χ1) is 10.2. The molecule has 1 aromatic carbocycles. The van der Waals surface area contributed by atoms with Gasteiger partial charge in [-0.15, -0.1) is 0 Å². The van der Waals surface area contributed by atoms with Gasteiger partial charge in [-0.25, -0.2) is 0 Å². The van der Waals surface area contributed by atoms with E-state index in [9.17, 15) is 0 Å². The zero-order valence-corrected chi connectivity index (χ0v) is 12.9. The molecule has 1 fully saturated rings. The van der Waals surface area contributed by atoms with E-state index < -0.39 is 0 Å². The highest BCUT2D eigenvalue weighted by Crippen LogP contribution is 2.30. The number of hydrazine groups is 1. The standard InChI is InChI=1S/C16H26N2O3/c1-19-14-6-3-13(4-7-14)5-8-15(18-17)16(20-2)9-11-21-12-10-16/h3-4,6-7,15,18H,5,8-12,17H2,1-2H3. The van der Waals surface area contributed by atoms with Gasteiger partial charge in [-0.3, -0.25) is 11.3 Å². The minimum Gasteiger partial charge on any atom is -0.497 e. The van der Waals surface area contributed by atoms with E-state index in [-0.39, 0.29) is 11.6 Å². The molecule has 5 nitrogen and oxygen atoms in total. The molecule has 1 aliphatic heterocycles. The summed E-state index contributed by atoms with van der Waals surface area (Å²) in [6, 6.07) is 8.28. The molecular formula is C16H26N2O3. The van der Waals surface area contributed by atoms with Gasteiger partial charge in [-0.2, -0.15) is 0 Å². The Bertz CT molecular complexity index is 416. The van der Waals surface area contributed by atoms with Gasteiger partial charge >= 0.3 is 0 Å². The number of ether oxygens (including phenoxy) is 3. The van der Waals surface area contributed by atoms with E-state index in [0.717, 1.165) is 44.6 Å². The van der Waals surface area contributed by atoms with Gasteiger partial charge in [0.05, 0.1) is 18.8 Å². The maximum absolute atomic E-state index is 5.81. The lowest BCUT2D eigenvalue weighted by Gasteiger charge is -2.42. The van der Waals surface area contributed by atoms with Gasteiger partial charge in [0, 0.05) is 33.2 Å². The van der Waals surface area contributed by atoms with Gasteiger partial charge in [0.15, 0.2) is 0 Å². The Morgan fingerprint density at radius 2 is 1.90 bits per heavy atom. The predicted octanol–water partition coefficient (Wildman–Crippen LogP) is 1.66. The summed E-state index contributed by atoms with van der Waals surface area (Å²) < 4.78 is 16.4. The summed E-state index contributed by atoms with van der Waals surface area (Å²) in [6.45, 7) is 1.46. The number of rotatable bonds is 7. The van der Waals surface area contributed by atoms with E-state index >= 15 is 0 Å². The molecule has 5 heteroatoms. The third-order valence-electron chi connectivity index (χ3n) is 4.46. The molecule has 0 amide bonds. The molecule has 1 aromatic rings. The third-order valence-corrected chi connectivity index (χ3v) is 4.46. The Morgan fingerprint density at radius 1 is 1.24 bits per heavy atom. The Kier molecular flexibility index (Phi) is 5.99. The summed E-state index contributed by atoms with van der Waals surface area (Å²) in [7, 11) is 3.44. The summed E-state index contributed by atoms with van der Waals surface area (Å²) in [6.07, 6.45) is 3.63. The minimum absolute atomic E-state index is 0.119. The Hall–Kier alpha value is -1.14. The first-order valence-corrected chi connectivity index (χ1v) is 7.46. The van der Waals surface area contributed by atoms with Crippen LogP contribution in [0, 0.1) is 0 Å². The smallest absolute Gasteiger partial charge is 0.118 e. The topological polar surface area (TPSA) is 65.7 Å². The maximum atomic E-state index is 5.81. The summed E-state index contributed by atoms with van der Waals surface area (Å²) in [5.74, 6) is 6.66. The number of methoxy groups -OCH3 is 2. The van der Waals surface area contributed by atoms with Crippen LogP contribution in [0.2, 0.25) is 0 Å². The van der Waals surface area contributed by atoms with Crippen LogP contribution in [0.1, 0.15) is 24.8 Å². The average molecular weight is 294 g/mol. The van der Waals surface area contributed by atoms with Crippen molar-refractivity contribution in [2.24, 2.45) is 5.84 Å². The molecule has 0 radical (unpaired) electrons. The highest BCUT2D eigenvalue weighted by atomic mass is 16.5. The molecule has 0 bridgehead atoms. The molecule has 118 valence electrons. The molecule has 1 aliphatic rings. The van der Waals surface area contributed by atoms with Crippen LogP contribution >= 0.6 is 0 Å². The molecule has 0 spiro atoms. The summed E-state index contributed by atoms with van der Waals surface area (Å²) in [5.41, 5.74) is 4.00. The van der Waals surface area contributed by atoms with E-state index in [2.05, 4.69) is 17.6 Å². The SMILES string of the molecule is COc1ccc(CCC(NN)C2(OC)CCOCC2)cc1. The number of benzene rings is 1. The zero-order chi connectivity index (χ0) is 15.1. The van der Waals surface area contributed by atoms with Crippen LogP contribution < -0.4 is 16.0 Å². The minimum atomic E-state index is -0.223. The van der Waals surface area contributed by atoms with Gasteiger partial charge in [0.2, 0.25) is 0 Å². The summed E-state index contributed by atoms with van der Waals surface area (Å²) >= 11 is 0. The third kappa shape index (κ3) is 3.95. The van der Waals surface area contributed by atoms with Crippen molar-refractivity contribution in [1.82, 2.24) is 5.43 Å². The Balaban J connectivity index is 1.97. The highest BCUT2D eigenvalue weighted by Gasteiger charge is 2.39. The number of nitrogens with one attached hydrogen (secondary N) is 1. The van der Waals surface area contributed by atoms with Gasteiger partial charge in [0.1, 0.15) is 5.75 Å². The number of hydrogen-bond acceptors (Lipinski definition) is 5. The molecule has 1 heterocycles. The van der Waals surface area contributed by atoms with E-state index in [1.165, 1.54) is 5.56 Å². The van der Waals surface area contributed by atoms with Crippen molar-refractivity contribution < 1.29 is 14.2 Å². The van der Waals surface area contributed by atoms with Crippen LogP contribution in [0.5, 0.6) is 5.75 Å². The monoisotopic (exact) mass is 294 g/mol. The Labute approximate surface area is 126 Å². The molecule has 0 saturated carbocycles. The fourth-order valence-electron chi connectivity index (χ4n) is 3.01. The van der Waals surface area contributed by atoms with Crippen molar-refractivity contribution >= 4 is 0 Å². The Morgan fingerprint density at radius 3 is 2.43 bits per heavy atom. The highest BCUT2D eigenvalue weighted by molar-refractivity contribution is 5.27. The van der Waals surface area contributed by atoms with Crippen molar-refractivity contribution in [3.8, 4) is 5.75 Å². The van der Waals surface area contributed by atoms with E-state index in [4.69, 9.17) is 20.1 Å². The van der Waals surface area contributed by atoms with E-state index in [0.29, 0.717) is 0 Å². The quantitative estimate of drug-likeness (QED) is 0.591. The average Bonchev–Trinajstić information content (AvgIpc) is 2.56. The lowest BCUT2D eigenvalue weighted by molar-refractivity contribution is -0.111. The number of hydrogen-bond donors (Lipinski definition) is 2. The molecular weight excluding hydrogens is 268 g/mol. The van der Waals surface area contributed by atoms with Gasteiger partial charge in [-0.1, -0.05) is 12.1 Å². The van der Waals surface area contributed by atoms with Crippen molar-refractivity contribution in [3.05, 3.63) is 29.8 Å². The molecule has 21 heavy (non-hydrogen) atoms. The van der Waals surface area contributed by atoms with Crippen molar-refractivity contribution in [3.63, 3.8) is 0 Å². The second-order valence-electron chi connectivity index (χ2n) is 5.49. The summed E-state index contributed by atoms with van der Waals surface area (Å²) in [4.78, 5) is 0. The maximum Gasteiger partial charge on any atom is 0.118 e. The van der Waals surface area contributed by atoms with Crippen molar-refractivity contribution in [2.45, 2.75) is 37.3 Å². The van der Waals surface area contributed by atoms with Crippen LogP contribution in [-0.4, -0.2) is 39.1 Å². The van der Waals surface area contributed by atoms with Crippen LogP contribution in [0.3, 0.4) is 0 Å². The van der Waals surface area contributed by atoms with Crippen LogP contribution in [0.25, 0.3) is 0 Å². The second-order valence-corrected chi connectivity index (χ2v) is 5.49. The molecule has 0 aromatic heterocycles. The first-order valence-electron chi connectivity index (χ1n) is 7.46. The summed E-state index contributed by atoms with van der Waals surface area (Å²) in [5, 5.41) is 0. The van der Waals surface area contributed by atoms with E-state index in [1.54, 1.807) is 14.2 Å². The normalized spacial score (nSPS) is 19.2. The lowest BCUT2D eigenvalue weighted by atomic mass is 9.83. The molecule has 0 aliphatic carbocycles. The fourth-order valence-corrected chi connectivity index (χ4v) is 3.01. The fraction of sp³-hybridized carbons (Fsp3) is 0.625. The van der Waals surface area contributed by atoms with Crippen molar-refractivity contribution in [1.29, 1.82) is 0 Å². The lowest BCUT2D eigenvalue weighted by Crippen LogP contribution is -2.57. The second kappa shape index (κ2) is 7.75. The molecule has 1 unspecified atom stereocenters. The van der Waals surface area contributed by atoms with Crippen LogP contribution in [0.4, 0.5) is 0 Å². The first kappa shape index (κ1) is 16.2. The van der Waals surface area contributed by atoms with Gasteiger partial charge < -0.3 is 14.2 Å². The zero-order valence-electron chi connectivity index (χ0n) is 12.9. The largest absolute Gasteiger partial charge is 0.497 e. The van der Waals surface area contributed by atoms with E-state index in [1.807, 2.05) is 12.1 Å². The molecule has 3 N–H and O–H groups in total. The van der Waals surface area contributed by atoms with Crippen LogP contribution in [0.15, 0.2) is 24.3 Å². The predicted molar refractivity (Wildman–Crippen MR) is 82.2 cm³/mol. The molecule has 1 atom stereocenters. The van der Waals surface area contributed by atoms with Crippen LogP contribution in [-0.2, 0) is 15.9 Å². The van der Waals surface area contributed by atoms with Gasteiger partial charge in [-0.05, 0) is 30.5 Å². The van der Waals surface area contributed by atoms with Crippen molar-refractivity contribution in [2.75, 3.05) is 27.4 Å².